The molecule has 0 radical (unpaired) electrons. The molecule has 101 heavy (non-hydrogen) atoms. The maximum atomic E-state index is 2.59. The molecule has 23 rings (SSSR count). The first-order valence-corrected chi connectivity index (χ1v) is 35.6. The lowest BCUT2D eigenvalue weighted by Crippen LogP contribution is -2.36. The van der Waals surface area contributed by atoms with Gasteiger partial charge in [0.15, 0.2) is 0 Å². The van der Waals surface area contributed by atoms with E-state index < -0.39 is 16.2 Å². The van der Waals surface area contributed by atoms with Gasteiger partial charge >= 0.3 is 0 Å². The Morgan fingerprint density at radius 1 is 0.178 bits per heavy atom. The van der Waals surface area contributed by atoms with E-state index in [-0.39, 0.29) is 0 Å². The molecule has 0 fully saturated rings. The molecule has 17 aromatic carbocycles. The first-order valence-electron chi connectivity index (χ1n) is 35.6. The number of hydrogen-bond donors (Lipinski definition) is 0. The molecule has 1 atom stereocenters. The minimum absolute atomic E-state index is 0.574. The molecule has 0 saturated heterocycles. The van der Waals surface area contributed by atoms with Crippen LogP contribution in [0.2, 0.25) is 0 Å². The zero-order chi connectivity index (χ0) is 66.2. The summed E-state index contributed by atoms with van der Waals surface area (Å²) in [5.74, 6) is 0. The molecule has 1 unspecified atom stereocenters. The smallest absolute Gasteiger partial charge is 0.0754 e. The quantitative estimate of drug-likeness (QED) is 0.128. The van der Waals surface area contributed by atoms with Crippen LogP contribution in [0.5, 0.6) is 0 Å². The molecular weight excluding hydrogens is 1220 g/mol. The fraction of sp³-hybridized carbons (Fsp3) is 0.0505. The van der Waals surface area contributed by atoms with Crippen molar-refractivity contribution in [3.63, 3.8) is 0 Å². The van der Waals surface area contributed by atoms with Gasteiger partial charge in [0.1, 0.15) is 0 Å². The van der Waals surface area contributed by atoms with E-state index in [0.29, 0.717) is 0 Å². The van der Waals surface area contributed by atoms with E-state index >= 15 is 0 Å². The highest BCUT2D eigenvalue weighted by Gasteiger charge is 2.56. The summed E-state index contributed by atoms with van der Waals surface area (Å²) < 4.78 is 0. The second kappa shape index (κ2) is 19.8. The Hall–Kier alpha value is -12.6. The van der Waals surface area contributed by atoms with Crippen LogP contribution in [0, 0.1) is 0 Å². The first-order chi connectivity index (χ1) is 50.0. The molecule has 2 heterocycles. The molecule has 0 amide bonds. The van der Waals surface area contributed by atoms with E-state index in [9.17, 15) is 0 Å². The van der Waals surface area contributed by atoms with Gasteiger partial charge in [-0.25, -0.2) is 0 Å². The Kier molecular flexibility index (Phi) is 10.9. The van der Waals surface area contributed by atoms with Gasteiger partial charge in [0.25, 0.3) is 0 Å². The van der Waals surface area contributed by atoms with Crippen molar-refractivity contribution in [2.24, 2.45) is 0 Å². The number of hydrogen-bond acceptors (Lipinski definition) is 2. The predicted octanol–water partition coefficient (Wildman–Crippen LogP) is 24.5. The molecule has 17 aromatic rings. The molecule has 2 aliphatic heterocycles. The third kappa shape index (κ3) is 6.57. The summed E-state index contributed by atoms with van der Waals surface area (Å²) in [6, 6.07) is 131. The number of benzene rings is 17. The largest absolute Gasteiger partial charge is 0.344 e. The van der Waals surface area contributed by atoms with Gasteiger partial charge < -0.3 is 9.80 Å². The van der Waals surface area contributed by atoms with Gasteiger partial charge in [-0.2, -0.15) is 0 Å². The molecule has 468 valence electrons. The number of fused-ring (bicyclic) bond motifs is 35. The van der Waals surface area contributed by atoms with Crippen molar-refractivity contribution < 1.29 is 0 Å². The van der Waals surface area contributed by atoms with Gasteiger partial charge in [-0.3, -0.25) is 0 Å². The molecular formula is C99H62N2. The average molecular weight is 1280 g/mol. The highest BCUT2D eigenvalue weighted by Crippen LogP contribution is 2.69. The van der Waals surface area contributed by atoms with E-state index in [1.807, 2.05) is 0 Å². The molecule has 6 aliphatic rings. The minimum Gasteiger partial charge on any atom is -0.344 e. The third-order valence-electron chi connectivity index (χ3n) is 24.7. The Morgan fingerprint density at radius 2 is 0.465 bits per heavy atom. The van der Waals surface area contributed by atoms with Crippen LogP contribution in [0.1, 0.15) is 66.8 Å². The van der Waals surface area contributed by atoms with Crippen LogP contribution in [0.15, 0.2) is 340 Å². The molecule has 3 spiro atoms. The summed E-state index contributed by atoms with van der Waals surface area (Å²) in [5, 5.41) is 9.99. The zero-order valence-corrected chi connectivity index (χ0v) is 55.7. The predicted molar refractivity (Wildman–Crippen MR) is 420 cm³/mol. The maximum Gasteiger partial charge on any atom is 0.0754 e. The van der Waals surface area contributed by atoms with Crippen LogP contribution in [0.25, 0.3) is 121 Å². The standard InChI is InChI=1S/C99H62N2/c1-100-89-56-21-19-51-84(89)97(78-45-13-7-30-63(78)64-31-8-14-46-79(64)97)87-54-25-42-71(95(87)100)61-38-23-40-68-76(61)58-77-62(72-43-26-55-88-96(72)101(2)90-57-22-20-52-85(90)98(88)80-47-15-9-32-65(80)66-33-10-16-48-81(66)98)39-24-41-69(77)91(68)75-44-27-53-86-92(75)73-36-11-17-49-82(73)99(86)83-50-18-12-37-74(83)93-67-34-5-3-28-59(67)60-29-4-6-35-70(60)94(93)99/h3-58H,1-2H3. The van der Waals surface area contributed by atoms with E-state index in [0.717, 1.165) is 0 Å². The molecule has 0 saturated carbocycles. The van der Waals surface area contributed by atoms with Crippen LogP contribution in [-0.4, -0.2) is 14.1 Å². The van der Waals surface area contributed by atoms with Crippen LogP contribution in [-0.2, 0) is 16.2 Å². The van der Waals surface area contributed by atoms with Crippen molar-refractivity contribution in [3.8, 4) is 77.9 Å². The lowest BCUT2D eigenvalue weighted by atomic mass is 9.64. The monoisotopic (exact) mass is 1280 g/mol. The summed E-state index contributed by atoms with van der Waals surface area (Å²) in [4.78, 5) is 5.01. The summed E-state index contributed by atoms with van der Waals surface area (Å²) >= 11 is 0. The second-order valence-electron chi connectivity index (χ2n) is 28.7. The number of nitrogens with zero attached hydrogens (tertiary/aromatic N) is 2. The van der Waals surface area contributed by atoms with Gasteiger partial charge in [-0.15, -0.1) is 0 Å². The number of anilines is 4. The van der Waals surface area contributed by atoms with E-state index in [2.05, 4.69) is 364 Å². The fourth-order valence-electron chi connectivity index (χ4n) is 21.2. The zero-order valence-electron chi connectivity index (χ0n) is 55.7. The highest BCUT2D eigenvalue weighted by molar-refractivity contribution is 6.24. The summed E-state index contributed by atoms with van der Waals surface area (Å²) in [6.07, 6.45) is 0. The number of rotatable bonds is 3. The van der Waals surface area contributed by atoms with Gasteiger partial charge in [-0.05, 0) is 195 Å². The summed E-state index contributed by atoms with van der Waals surface area (Å²) in [6.45, 7) is 0. The first kappa shape index (κ1) is 55.4. The van der Waals surface area contributed by atoms with Crippen molar-refractivity contribution in [1.29, 1.82) is 0 Å². The van der Waals surface area contributed by atoms with Gasteiger partial charge in [0.2, 0.25) is 0 Å². The van der Waals surface area contributed by atoms with Crippen LogP contribution in [0.4, 0.5) is 22.7 Å². The van der Waals surface area contributed by atoms with Gasteiger partial charge in [0, 0.05) is 36.6 Å². The molecule has 0 bridgehead atoms. The van der Waals surface area contributed by atoms with Gasteiger partial charge in [0.05, 0.1) is 27.6 Å². The van der Waals surface area contributed by atoms with Crippen LogP contribution >= 0.6 is 0 Å². The minimum atomic E-state index is -0.636. The maximum absolute atomic E-state index is 2.59. The topological polar surface area (TPSA) is 6.48 Å². The van der Waals surface area contributed by atoms with Crippen molar-refractivity contribution in [2.45, 2.75) is 16.2 Å². The Bertz CT molecular complexity index is 6250. The van der Waals surface area contributed by atoms with E-state index in [4.69, 9.17) is 0 Å². The Balaban J connectivity index is 0.853. The summed E-state index contributed by atoms with van der Waals surface area (Å²) in [7, 11) is 4.61. The Morgan fingerprint density at radius 3 is 0.931 bits per heavy atom. The SMILES string of the molecule is CN1c2ccccc2C2(c3ccccc3-c3ccccc32)c2cccc(-c3cccc4c(-c5cccc6c5-c5ccccc5C65c6ccccc6-c6c5c5ccccc5c5ccccc65)c5cccc(-c6cccc7c6N(C)c6ccccc6C76c7ccccc7-c7ccccc76)c5cc34)c21. The van der Waals surface area contributed by atoms with Crippen molar-refractivity contribution in [1.82, 2.24) is 0 Å². The fourth-order valence-corrected chi connectivity index (χ4v) is 21.2. The van der Waals surface area contributed by atoms with Crippen LogP contribution < -0.4 is 9.80 Å². The van der Waals surface area contributed by atoms with Gasteiger partial charge in [-0.1, -0.05) is 322 Å². The Labute approximate surface area is 586 Å². The number of para-hydroxylation sites is 4. The lowest BCUT2D eigenvalue weighted by Gasteiger charge is -2.44. The lowest BCUT2D eigenvalue weighted by molar-refractivity contribution is 0.749. The molecule has 0 aromatic heterocycles. The third-order valence-corrected chi connectivity index (χ3v) is 24.7. The van der Waals surface area contributed by atoms with E-state index in [1.54, 1.807) is 0 Å². The normalized spacial score (nSPS) is 15.8. The van der Waals surface area contributed by atoms with Crippen LogP contribution in [0.3, 0.4) is 0 Å². The average Bonchev–Trinajstić information content (AvgIpc) is 1.46. The second-order valence-corrected chi connectivity index (χ2v) is 28.7. The van der Waals surface area contributed by atoms with Crippen molar-refractivity contribution >= 4 is 65.8 Å². The molecule has 2 nitrogen and oxygen atoms in total. The molecule has 4 aliphatic carbocycles. The summed E-state index contributed by atoms with van der Waals surface area (Å²) in [5.41, 5.74) is 36.5. The van der Waals surface area contributed by atoms with Crippen molar-refractivity contribution in [2.75, 3.05) is 23.9 Å². The van der Waals surface area contributed by atoms with Crippen molar-refractivity contribution in [3.05, 3.63) is 406 Å². The highest BCUT2D eigenvalue weighted by atomic mass is 15.1. The van der Waals surface area contributed by atoms with E-state index in [1.165, 1.54) is 210 Å². The molecule has 2 heteroatoms. The molecule has 0 N–H and O–H groups in total.